The van der Waals surface area contributed by atoms with E-state index in [1.165, 1.54) is 0 Å². The van der Waals surface area contributed by atoms with Gasteiger partial charge in [0.25, 0.3) is 0 Å². The number of hydrogen-bond acceptors (Lipinski definition) is 4. The van der Waals surface area contributed by atoms with Crippen LogP contribution in [0.5, 0.6) is 0 Å². The molecular weight excluding hydrogens is 462 g/mol. The zero-order valence-electron chi connectivity index (χ0n) is 20.2. The van der Waals surface area contributed by atoms with E-state index in [0.29, 0.717) is 5.82 Å². The van der Waals surface area contributed by atoms with Crippen molar-refractivity contribution >= 4 is 44.9 Å². The zero-order valence-corrected chi connectivity index (χ0v) is 20.2. The summed E-state index contributed by atoms with van der Waals surface area (Å²) in [6, 6.07) is 20.3. The SMILES string of the molecule is Nc1nccn2c(C3CCC(C(=O)Nc4cc5ccccc5[nH]4)CC3)nc(-c3cc4ccccc4[nH]3)c12. The molecule has 7 rings (SSSR count). The Morgan fingerprint density at radius 1 is 0.946 bits per heavy atom. The van der Waals surface area contributed by atoms with E-state index in [1.54, 1.807) is 6.20 Å². The number of nitrogens with two attached hydrogens (primary N) is 1. The standard InChI is InChI=1S/C29H27N7O/c30-27-26-25(23-15-19-5-1-3-7-21(19)32-23)35-28(36(26)14-13-31-27)17-9-11-18(12-10-17)29(37)34-24-16-20-6-2-4-8-22(20)33-24/h1-8,13-18,32-33H,9-12H2,(H2,30,31)(H,34,37). The lowest BCUT2D eigenvalue weighted by Crippen LogP contribution is -2.27. The molecule has 37 heavy (non-hydrogen) atoms. The maximum absolute atomic E-state index is 13.0. The lowest BCUT2D eigenvalue weighted by atomic mass is 9.81. The molecule has 0 spiro atoms. The number of carbonyl (C=O) groups excluding carboxylic acids is 1. The van der Waals surface area contributed by atoms with E-state index < -0.39 is 0 Å². The van der Waals surface area contributed by atoms with Gasteiger partial charge in [-0.05, 0) is 49.9 Å². The first kappa shape index (κ1) is 21.7. The molecule has 1 fully saturated rings. The summed E-state index contributed by atoms with van der Waals surface area (Å²) in [5.41, 5.74) is 11.0. The largest absolute Gasteiger partial charge is 0.382 e. The second-order valence-corrected chi connectivity index (χ2v) is 9.93. The van der Waals surface area contributed by atoms with Crippen molar-refractivity contribution < 1.29 is 4.79 Å². The molecule has 1 aliphatic carbocycles. The van der Waals surface area contributed by atoms with Crippen LogP contribution in [0.15, 0.2) is 73.1 Å². The summed E-state index contributed by atoms with van der Waals surface area (Å²) >= 11 is 0. The summed E-state index contributed by atoms with van der Waals surface area (Å²) in [6.07, 6.45) is 7.06. The second kappa shape index (κ2) is 8.51. The highest BCUT2D eigenvalue weighted by Gasteiger charge is 2.31. The van der Waals surface area contributed by atoms with Crippen LogP contribution in [0, 0.1) is 5.92 Å². The van der Waals surface area contributed by atoms with Crippen molar-refractivity contribution in [2.45, 2.75) is 31.6 Å². The molecule has 1 aliphatic rings. The van der Waals surface area contributed by atoms with E-state index >= 15 is 0 Å². The summed E-state index contributed by atoms with van der Waals surface area (Å²) < 4.78 is 2.08. The van der Waals surface area contributed by atoms with Crippen molar-refractivity contribution in [3.63, 3.8) is 0 Å². The number of aromatic nitrogens is 5. The number of nitrogens with zero attached hydrogens (tertiary/aromatic N) is 3. The van der Waals surface area contributed by atoms with Crippen LogP contribution in [0.25, 0.3) is 38.7 Å². The maximum Gasteiger partial charge on any atom is 0.228 e. The average Bonchev–Trinajstić information content (AvgIpc) is 3.63. The molecular formula is C29H27N7O. The number of benzene rings is 2. The van der Waals surface area contributed by atoms with E-state index in [9.17, 15) is 4.79 Å². The first-order valence-corrected chi connectivity index (χ1v) is 12.7. The first-order chi connectivity index (χ1) is 18.1. The quantitative estimate of drug-likeness (QED) is 0.248. The van der Waals surface area contributed by atoms with Crippen molar-refractivity contribution in [3.8, 4) is 11.4 Å². The van der Waals surface area contributed by atoms with Crippen molar-refractivity contribution in [1.82, 2.24) is 24.3 Å². The second-order valence-electron chi connectivity index (χ2n) is 9.93. The van der Waals surface area contributed by atoms with Gasteiger partial charge in [-0.25, -0.2) is 9.97 Å². The molecule has 0 radical (unpaired) electrons. The first-order valence-electron chi connectivity index (χ1n) is 12.7. The maximum atomic E-state index is 13.0. The Morgan fingerprint density at radius 3 is 2.38 bits per heavy atom. The molecule has 4 aromatic heterocycles. The number of nitrogens with one attached hydrogen (secondary N) is 3. The van der Waals surface area contributed by atoms with Gasteiger partial charge in [-0.2, -0.15) is 0 Å². The Balaban J connectivity index is 1.13. The molecule has 8 heteroatoms. The molecule has 0 bridgehead atoms. The summed E-state index contributed by atoms with van der Waals surface area (Å²) in [5.74, 6) is 2.48. The highest BCUT2D eigenvalue weighted by molar-refractivity contribution is 5.95. The van der Waals surface area contributed by atoms with E-state index in [2.05, 4.69) is 42.9 Å². The molecule has 2 aromatic carbocycles. The highest BCUT2D eigenvalue weighted by Crippen LogP contribution is 2.39. The van der Waals surface area contributed by atoms with Crippen molar-refractivity contribution in [2.75, 3.05) is 11.1 Å². The van der Waals surface area contributed by atoms with E-state index in [1.807, 2.05) is 48.7 Å². The number of carbonyl (C=O) groups is 1. The van der Waals surface area contributed by atoms with Gasteiger partial charge in [-0.1, -0.05) is 36.4 Å². The van der Waals surface area contributed by atoms with Gasteiger partial charge in [-0.15, -0.1) is 0 Å². The lowest BCUT2D eigenvalue weighted by molar-refractivity contribution is -0.120. The minimum Gasteiger partial charge on any atom is -0.382 e. The van der Waals surface area contributed by atoms with Crippen LogP contribution in [0.2, 0.25) is 0 Å². The van der Waals surface area contributed by atoms with Gasteiger partial charge in [0.1, 0.15) is 28.7 Å². The molecule has 6 aromatic rings. The predicted molar refractivity (Wildman–Crippen MR) is 146 cm³/mol. The van der Waals surface area contributed by atoms with Crippen LogP contribution in [-0.2, 0) is 4.79 Å². The Kier molecular flexibility index (Phi) is 4.99. The summed E-state index contributed by atoms with van der Waals surface area (Å²) in [6.45, 7) is 0. The van der Waals surface area contributed by atoms with Crippen molar-refractivity contribution in [1.29, 1.82) is 0 Å². The molecule has 0 unspecified atom stereocenters. The minimum atomic E-state index is -0.0196. The lowest BCUT2D eigenvalue weighted by Gasteiger charge is -2.27. The van der Waals surface area contributed by atoms with Crippen LogP contribution >= 0.6 is 0 Å². The van der Waals surface area contributed by atoms with Crippen LogP contribution < -0.4 is 11.1 Å². The topological polar surface area (TPSA) is 117 Å². The smallest absolute Gasteiger partial charge is 0.228 e. The third kappa shape index (κ3) is 3.72. The van der Waals surface area contributed by atoms with Gasteiger partial charge in [0.05, 0.1) is 5.69 Å². The number of rotatable bonds is 4. The Labute approximate surface area is 212 Å². The number of fused-ring (bicyclic) bond motifs is 3. The summed E-state index contributed by atoms with van der Waals surface area (Å²) in [5, 5.41) is 5.31. The third-order valence-corrected chi connectivity index (χ3v) is 7.65. The Morgan fingerprint density at radius 2 is 1.65 bits per heavy atom. The fourth-order valence-electron chi connectivity index (χ4n) is 5.75. The summed E-state index contributed by atoms with van der Waals surface area (Å²) in [7, 11) is 0. The van der Waals surface area contributed by atoms with Crippen molar-refractivity contribution in [3.05, 3.63) is 78.9 Å². The number of anilines is 2. The van der Waals surface area contributed by atoms with E-state index in [0.717, 1.165) is 76.0 Å². The normalized spacial score (nSPS) is 18.1. The Hall–Kier alpha value is -4.59. The van der Waals surface area contributed by atoms with Gasteiger partial charge < -0.3 is 21.0 Å². The zero-order chi connectivity index (χ0) is 24.9. The predicted octanol–water partition coefficient (Wildman–Crippen LogP) is 5.85. The van der Waals surface area contributed by atoms with Gasteiger partial charge >= 0.3 is 0 Å². The number of amides is 1. The van der Waals surface area contributed by atoms with Crippen LogP contribution in [0.1, 0.15) is 37.4 Å². The molecule has 4 heterocycles. The van der Waals surface area contributed by atoms with E-state index in [4.69, 9.17) is 10.7 Å². The third-order valence-electron chi connectivity index (χ3n) is 7.65. The van der Waals surface area contributed by atoms with Crippen LogP contribution in [0.3, 0.4) is 0 Å². The highest BCUT2D eigenvalue weighted by atomic mass is 16.1. The van der Waals surface area contributed by atoms with Gasteiger partial charge in [0.2, 0.25) is 5.91 Å². The van der Waals surface area contributed by atoms with Crippen LogP contribution in [-0.4, -0.2) is 30.2 Å². The molecule has 0 atom stereocenters. The number of H-pyrrole nitrogens is 2. The Bertz CT molecular complexity index is 1700. The molecule has 8 nitrogen and oxygen atoms in total. The van der Waals surface area contributed by atoms with E-state index in [-0.39, 0.29) is 17.7 Å². The van der Waals surface area contributed by atoms with Gasteiger partial charge in [0, 0.05) is 46.0 Å². The van der Waals surface area contributed by atoms with Crippen LogP contribution in [0.4, 0.5) is 11.6 Å². The molecule has 1 saturated carbocycles. The number of hydrogen-bond donors (Lipinski definition) is 4. The molecule has 1 amide bonds. The number of para-hydroxylation sites is 2. The number of aromatic amines is 2. The average molecular weight is 490 g/mol. The number of imidazole rings is 1. The number of nitrogen functional groups attached to an aromatic ring is 1. The fourth-order valence-corrected chi connectivity index (χ4v) is 5.75. The van der Waals surface area contributed by atoms with Gasteiger partial charge in [0.15, 0.2) is 0 Å². The van der Waals surface area contributed by atoms with Crippen molar-refractivity contribution in [2.24, 2.45) is 5.92 Å². The summed E-state index contributed by atoms with van der Waals surface area (Å²) in [4.78, 5) is 29.3. The van der Waals surface area contributed by atoms with Gasteiger partial charge in [-0.3, -0.25) is 9.20 Å². The molecule has 184 valence electrons. The minimum absolute atomic E-state index is 0.0196. The monoisotopic (exact) mass is 489 g/mol. The fraction of sp³-hybridized carbons (Fsp3) is 0.207. The molecule has 0 aliphatic heterocycles. The molecule has 5 N–H and O–H groups in total. The molecule has 0 saturated heterocycles.